The average Bonchev–Trinajstić information content (AvgIpc) is 3.25. The van der Waals surface area contributed by atoms with E-state index in [0.29, 0.717) is 30.1 Å². The van der Waals surface area contributed by atoms with Crippen LogP contribution in [0.4, 0.5) is 0 Å². The smallest absolute Gasteiger partial charge is 0.194 e. The second kappa shape index (κ2) is 10.6. The Morgan fingerprint density at radius 1 is 1.26 bits per heavy atom. The minimum absolute atomic E-state index is 0. The predicted octanol–water partition coefficient (Wildman–Crippen LogP) is 1.19. The molecule has 9 heteroatoms. The van der Waals surface area contributed by atoms with Gasteiger partial charge < -0.3 is 15.0 Å². The van der Waals surface area contributed by atoms with Crippen LogP contribution >= 0.6 is 24.0 Å². The fourth-order valence-corrected chi connectivity index (χ4v) is 5.82. The van der Waals surface area contributed by atoms with E-state index in [-0.39, 0.29) is 29.9 Å². The minimum Gasteiger partial charge on any atom is -0.379 e. The standard InChI is InChI=1S/C18H34N4O3S.HI/c1-3-15(2)20-18(19-12-16-5-11-26(23,24)14-16)22-6-4-17(13-22)21-7-9-25-10-8-21;/h15-17H,3-14H2,1-2H3,(H,19,20);1H. The van der Waals surface area contributed by atoms with Crippen LogP contribution in [0.3, 0.4) is 0 Å². The first-order valence-corrected chi connectivity index (χ1v) is 11.9. The number of hydrogen-bond donors (Lipinski definition) is 1. The normalized spacial score (nSPS) is 30.1. The molecule has 0 aromatic heterocycles. The predicted molar refractivity (Wildman–Crippen MR) is 120 cm³/mol. The third kappa shape index (κ3) is 6.71. The van der Waals surface area contributed by atoms with E-state index in [0.717, 1.165) is 64.6 Å². The lowest BCUT2D eigenvalue weighted by atomic mass is 10.1. The lowest BCUT2D eigenvalue weighted by Gasteiger charge is -2.32. The van der Waals surface area contributed by atoms with Gasteiger partial charge in [-0.05, 0) is 32.1 Å². The Kier molecular flexibility index (Phi) is 9.08. The second-order valence-electron chi connectivity index (χ2n) is 7.92. The molecule has 0 bridgehead atoms. The summed E-state index contributed by atoms with van der Waals surface area (Å²) < 4.78 is 28.9. The van der Waals surface area contributed by atoms with Crippen LogP contribution in [-0.4, -0.2) is 93.7 Å². The van der Waals surface area contributed by atoms with Gasteiger partial charge in [-0.2, -0.15) is 0 Å². The number of likely N-dealkylation sites (tertiary alicyclic amines) is 1. The molecule has 0 aromatic carbocycles. The van der Waals surface area contributed by atoms with Gasteiger partial charge in [-0.15, -0.1) is 24.0 Å². The molecule has 27 heavy (non-hydrogen) atoms. The highest BCUT2D eigenvalue weighted by Crippen LogP contribution is 2.20. The van der Waals surface area contributed by atoms with Crippen molar-refractivity contribution in [1.29, 1.82) is 0 Å². The molecular weight excluding hydrogens is 479 g/mol. The molecule has 0 amide bonds. The largest absolute Gasteiger partial charge is 0.379 e. The number of halogens is 1. The van der Waals surface area contributed by atoms with Crippen LogP contribution < -0.4 is 5.32 Å². The van der Waals surface area contributed by atoms with Crippen molar-refractivity contribution in [2.24, 2.45) is 10.9 Å². The molecule has 3 rings (SSSR count). The van der Waals surface area contributed by atoms with Gasteiger partial charge in [0.1, 0.15) is 0 Å². The lowest BCUT2D eigenvalue weighted by Crippen LogP contribution is -2.48. The zero-order chi connectivity index (χ0) is 18.6. The van der Waals surface area contributed by atoms with E-state index in [1.807, 2.05) is 0 Å². The van der Waals surface area contributed by atoms with Crippen LogP contribution in [0.15, 0.2) is 4.99 Å². The fourth-order valence-electron chi connectivity index (χ4n) is 3.97. The van der Waals surface area contributed by atoms with Gasteiger partial charge in [0.2, 0.25) is 0 Å². The van der Waals surface area contributed by atoms with Crippen molar-refractivity contribution in [1.82, 2.24) is 15.1 Å². The maximum absolute atomic E-state index is 11.7. The van der Waals surface area contributed by atoms with E-state index >= 15 is 0 Å². The molecule has 3 atom stereocenters. The van der Waals surface area contributed by atoms with E-state index in [2.05, 4.69) is 29.0 Å². The number of nitrogens with zero attached hydrogens (tertiary/aromatic N) is 3. The first-order valence-electron chi connectivity index (χ1n) is 10.0. The molecule has 3 heterocycles. The molecule has 158 valence electrons. The third-order valence-electron chi connectivity index (χ3n) is 5.84. The van der Waals surface area contributed by atoms with Crippen molar-refractivity contribution in [3.63, 3.8) is 0 Å². The van der Waals surface area contributed by atoms with Gasteiger partial charge in [0, 0.05) is 44.8 Å². The quantitative estimate of drug-likeness (QED) is 0.338. The van der Waals surface area contributed by atoms with Crippen LogP contribution in [0, 0.1) is 5.92 Å². The highest BCUT2D eigenvalue weighted by atomic mass is 127. The van der Waals surface area contributed by atoms with Crippen molar-refractivity contribution in [2.75, 3.05) is 57.4 Å². The van der Waals surface area contributed by atoms with Crippen molar-refractivity contribution in [2.45, 2.75) is 45.2 Å². The van der Waals surface area contributed by atoms with E-state index in [4.69, 9.17) is 9.73 Å². The van der Waals surface area contributed by atoms with Gasteiger partial charge >= 0.3 is 0 Å². The Bertz CT molecular complexity index is 595. The second-order valence-corrected chi connectivity index (χ2v) is 10.2. The summed E-state index contributed by atoms with van der Waals surface area (Å²) in [4.78, 5) is 9.74. The highest BCUT2D eigenvalue weighted by Gasteiger charge is 2.31. The van der Waals surface area contributed by atoms with Gasteiger partial charge in [-0.25, -0.2) is 8.42 Å². The summed E-state index contributed by atoms with van der Waals surface area (Å²) in [6.07, 6.45) is 2.94. The van der Waals surface area contributed by atoms with E-state index in [1.54, 1.807) is 0 Å². The van der Waals surface area contributed by atoms with Crippen molar-refractivity contribution >= 4 is 39.8 Å². The Balaban J connectivity index is 0.00000261. The van der Waals surface area contributed by atoms with Crippen LogP contribution in [0.2, 0.25) is 0 Å². The highest BCUT2D eigenvalue weighted by molar-refractivity contribution is 14.0. The van der Waals surface area contributed by atoms with Gasteiger partial charge in [0.15, 0.2) is 15.8 Å². The number of morpholine rings is 1. The summed E-state index contributed by atoms with van der Waals surface area (Å²) in [6.45, 7) is 10.6. The van der Waals surface area contributed by atoms with E-state index in [1.165, 1.54) is 0 Å². The monoisotopic (exact) mass is 514 g/mol. The number of nitrogens with one attached hydrogen (secondary N) is 1. The van der Waals surface area contributed by atoms with Crippen LogP contribution in [0.5, 0.6) is 0 Å². The number of sulfone groups is 1. The van der Waals surface area contributed by atoms with E-state index in [9.17, 15) is 8.42 Å². The Morgan fingerprint density at radius 3 is 2.63 bits per heavy atom. The first kappa shape index (κ1) is 23.2. The first-order chi connectivity index (χ1) is 12.5. The SMILES string of the molecule is CCC(C)NC(=NCC1CCS(=O)(=O)C1)N1CCC(N2CCOCC2)C1.I. The molecule has 0 saturated carbocycles. The van der Waals surface area contributed by atoms with Crippen molar-refractivity contribution in [3.8, 4) is 0 Å². The maximum atomic E-state index is 11.7. The van der Waals surface area contributed by atoms with Crippen molar-refractivity contribution < 1.29 is 13.2 Å². The molecule has 7 nitrogen and oxygen atoms in total. The molecule has 3 aliphatic rings. The fraction of sp³-hybridized carbons (Fsp3) is 0.944. The number of ether oxygens (including phenoxy) is 1. The molecule has 0 aromatic rings. The molecule has 0 aliphatic carbocycles. The maximum Gasteiger partial charge on any atom is 0.194 e. The minimum atomic E-state index is -2.84. The lowest BCUT2D eigenvalue weighted by molar-refractivity contribution is 0.0194. The van der Waals surface area contributed by atoms with E-state index < -0.39 is 9.84 Å². The molecular formula is C18H35IN4O3S. The Labute approximate surface area is 181 Å². The summed E-state index contributed by atoms with van der Waals surface area (Å²) in [5.74, 6) is 1.75. The molecule has 1 N–H and O–H groups in total. The van der Waals surface area contributed by atoms with Gasteiger partial charge in [0.05, 0.1) is 24.7 Å². The Morgan fingerprint density at radius 2 is 2.00 bits per heavy atom. The summed E-state index contributed by atoms with van der Waals surface area (Å²) >= 11 is 0. The number of rotatable bonds is 5. The average molecular weight is 514 g/mol. The summed E-state index contributed by atoms with van der Waals surface area (Å²) in [6, 6.07) is 0.929. The van der Waals surface area contributed by atoms with Crippen LogP contribution in [-0.2, 0) is 14.6 Å². The molecule has 3 saturated heterocycles. The summed E-state index contributed by atoms with van der Waals surface area (Å²) in [5.41, 5.74) is 0. The van der Waals surface area contributed by atoms with Gasteiger partial charge in [0.25, 0.3) is 0 Å². The molecule has 0 spiro atoms. The molecule has 3 fully saturated rings. The topological polar surface area (TPSA) is 74.2 Å². The zero-order valence-corrected chi connectivity index (χ0v) is 19.7. The number of guanidine groups is 1. The molecule has 3 aliphatic heterocycles. The Hall–Kier alpha value is -0.130. The molecule has 3 unspecified atom stereocenters. The van der Waals surface area contributed by atoms with Crippen LogP contribution in [0.25, 0.3) is 0 Å². The number of hydrogen-bond acceptors (Lipinski definition) is 5. The van der Waals surface area contributed by atoms with Crippen LogP contribution in [0.1, 0.15) is 33.1 Å². The molecule has 0 radical (unpaired) electrons. The van der Waals surface area contributed by atoms with Gasteiger partial charge in [-0.1, -0.05) is 6.92 Å². The van der Waals surface area contributed by atoms with Crippen molar-refractivity contribution in [3.05, 3.63) is 0 Å². The third-order valence-corrected chi connectivity index (χ3v) is 7.68. The number of aliphatic imine (C=N–C) groups is 1. The zero-order valence-electron chi connectivity index (χ0n) is 16.6. The van der Waals surface area contributed by atoms with Gasteiger partial charge in [-0.3, -0.25) is 9.89 Å². The summed E-state index contributed by atoms with van der Waals surface area (Å²) in [5, 5.41) is 3.56. The summed E-state index contributed by atoms with van der Waals surface area (Å²) in [7, 11) is -2.84.